The lowest BCUT2D eigenvalue weighted by atomic mass is 9.69. The molecular formula is C17H24O4. The van der Waals surface area contributed by atoms with Crippen LogP contribution in [0.2, 0.25) is 0 Å². The topological polar surface area (TPSA) is 44.8 Å². The van der Waals surface area contributed by atoms with E-state index in [-0.39, 0.29) is 30.9 Å². The van der Waals surface area contributed by atoms with Gasteiger partial charge in [0.25, 0.3) is 0 Å². The van der Waals surface area contributed by atoms with Crippen LogP contribution in [0.25, 0.3) is 0 Å². The second-order valence-electron chi connectivity index (χ2n) is 7.43. The first kappa shape index (κ1) is 13.8. The largest absolute Gasteiger partial charge is 0.438 e. The van der Waals surface area contributed by atoms with Crippen LogP contribution in [0.1, 0.15) is 26.7 Å². The zero-order valence-electron chi connectivity index (χ0n) is 12.7. The fourth-order valence-electron chi connectivity index (χ4n) is 4.95. The van der Waals surface area contributed by atoms with Crippen molar-refractivity contribution in [3.05, 3.63) is 12.2 Å². The molecule has 7 atom stereocenters. The Bertz CT molecular complexity index is 458. The third-order valence-electron chi connectivity index (χ3n) is 5.64. The van der Waals surface area contributed by atoms with E-state index in [4.69, 9.17) is 14.2 Å². The van der Waals surface area contributed by atoms with Gasteiger partial charge < -0.3 is 14.2 Å². The van der Waals surface area contributed by atoms with Gasteiger partial charge in [-0.25, -0.2) is 0 Å². The molecule has 3 fully saturated rings. The fourth-order valence-corrected chi connectivity index (χ4v) is 4.95. The van der Waals surface area contributed by atoms with E-state index in [1.54, 1.807) is 0 Å². The van der Waals surface area contributed by atoms with Crippen molar-refractivity contribution in [2.24, 2.45) is 35.5 Å². The third kappa shape index (κ3) is 2.15. The van der Waals surface area contributed by atoms with Crippen LogP contribution in [-0.2, 0) is 19.0 Å². The normalized spacial score (nSPS) is 45.6. The molecule has 2 heterocycles. The predicted molar refractivity (Wildman–Crippen MR) is 76.2 cm³/mol. The average molecular weight is 292 g/mol. The molecule has 0 aromatic carbocycles. The van der Waals surface area contributed by atoms with Crippen LogP contribution < -0.4 is 0 Å². The van der Waals surface area contributed by atoms with Crippen LogP contribution >= 0.6 is 0 Å². The first-order valence-corrected chi connectivity index (χ1v) is 8.23. The molecule has 21 heavy (non-hydrogen) atoms. The van der Waals surface area contributed by atoms with Gasteiger partial charge in [0.2, 0.25) is 0 Å². The third-order valence-corrected chi connectivity index (χ3v) is 5.64. The molecule has 0 spiro atoms. The van der Waals surface area contributed by atoms with Gasteiger partial charge in [0, 0.05) is 0 Å². The van der Waals surface area contributed by atoms with Crippen molar-refractivity contribution in [3.63, 3.8) is 0 Å². The second-order valence-corrected chi connectivity index (χ2v) is 7.43. The summed E-state index contributed by atoms with van der Waals surface area (Å²) in [4.78, 5) is 12.3. The molecule has 2 aliphatic carbocycles. The van der Waals surface area contributed by atoms with Crippen molar-refractivity contribution in [1.29, 1.82) is 0 Å². The van der Waals surface area contributed by atoms with Crippen molar-refractivity contribution in [1.82, 2.24) is 0 Å². The molecule has 4 bridgehead atoms. The van der Waals surface area contributed by atoms with E-state index in [0.29, 0.717) is 36.2 Å². The summed E-state index contributed by atoms with van der Waals surface area (Å²) in [7, 11) is 0. The molecule has 4 heteroatoms. The molecule has 1 saturated carbocycles. The molecular weight excluding hydrogens is 268 g/mol. The van der Waals surface area contributed by atoms with Gasteiger partial charge in [0.15, 0.2) is 6.79 Å². The number of ether oxygens (including phenoxy) is 3. The number of hydrogen-bond donors (Lipinski definition) is 0. The van der Waals surface area contributed by atoms with Crippen LogP contribution in [-0.4, -0.2) is 31.6 Å². The molecule has 4 nitrogen and oxygen atoms in total. The van der Waals surface area contributed by atoms with Crippen LogP contribution in [0.3, 0.4) is 0 Å². The minimum absolute atomic E-state index is 0.0744. The Balaban J connectivity index is 1.34. The molecule has 4 rings (SSSR count). The smallest absolute Gasteiger partial charge is 0.313 e. The Hall–Kier alpha value is -0.870. The van der Waals surface area contributed by atoms with Crippen LogP contribution in [0.4, 0.5) is 0 Å². The monoisotopic (exact) mass is 292 g/mol. The minimum atomic E-state index is -0.128. The summed E-state index contributed by atoms with van der Waals surface area (Å²) >= 11 is 0. The zero-order chi connectivity index (χ0) is 14.6. The molecule has 0 aromatic rings. The molecule has 2 aliphatic heterocycles. The molecule has 0 N–H and O–H groups in total. The van der Waals surface area contributed by atoms with Crippen LogP contribution in [0, 0.1) is 35.5 Å². The predicted octanol–water partition coefficient (Wildman–Crippen LogP) is 2.39. The van der Waals surface area contributed by atoms with E-state index in [9.17, 15) is 4.79 Å². The first-order chi connectivity index (χ1) is 10.1. The summed E-state index contributed by atoms with van der Waals surface area (Å²) in [6.45, 7) is 4.85. The molecule has 2 saturated heterocycles. The van der Waals surface area contributed by atoms with E-state index in [2.05, 4.69) is 26.0 Å². The highest BCUT2D eigenvalue weighted by Gasteiger charge is 2.64. The van der Waals surface area contributed by atoms with E-state index in [1.165, 1.54) is 6.42 Å². The van der Waals surface area contributed by atoms with E-state index >= 15 is 0 Å². The second kappa shape index (κ2) is 5.10. The number of hydrogen-bond acceptors (Lipinski definition) is 4. The van der Waals surface area contributed by atoms with Gasteiger partial charge in [-0.15, -0.1) is 0 Å². The highest BCUT2D eigenvalue weighted by atomic mass is 16.7. The maximum Gasteiger partial charge on any atom is 0.313 e. The number of rotatable bonds is 5. The van der Waals surface area contributed by atoms with Gasteiger partial charge in [-0.3, -0.25) is 4.79 Å². The van der Waals surface area contributed by atoms with Crippen molar-refractivity contribution >= 4 is 5.97 Å². The number of fused-ring (bicyclic) bond motifs is 9. The summed E-state index contributed by atoms with van der Waals surface area (Å²) < 4.78 is 16.8. The van der Waals surface area contributed by atoms with E-state index in [1.807, 2.05) is 0 Å². The number of esters is 1. The Morgan fingerprint density at radius 2 is 2.00 bits per heavy atom. The van der Waals surface area contributed by atoms with Gasteiger partial charge in [0.1, 0.15) is 0 Å². The summed E-state index contributed by atoms with van der Waals surface area (Å²) in [6.07, 6.45) is 7.16. The molecule has 0 amide bonds. The lowest BCUT2D eigenvalue weighted by Crippen LogP contribution is -2.39. The quantitative estimate of drug-likeness (QED) is 0.338. The molecule has 0 aromatic heterocycles. The number of allylic oxidation sites excluding steroid dienone is 2. The summed E-state index contributed by atoms with van der Waals surface area (Å²) in [5.41, 5.74) is 0. The van der Waals surface area contributed by atoms with E-state index in [0.717, 1.165) is 6.42 Å². The first-order valence-electron chi connectivity index (χ1n) is 8.23. The van der Waals surface area contributed by atoms with Crippen molar-refractivity contribution in [2.75, 3.05) is 13.4 Å². The maximum absolute atomic E-state index is 12.3. The molecule has 0 radical (unpaired) electrons. The van der Waals surface area contributed by atoms with Gasteiger partial charge in [0.05, 0.1) is 24.7 Å². The lowest BCUT2D eigenvalue weighted by Gasteiger charge is -2.32. The SMILES string of the molecule is CC(C)COCOC(=O)C1CC2OC1C1C3C=CC(C3)C21. The lowest BCUT2D eigenvalue weighted by molar-refractivity contribution is -0.164. The van der Waals surface area contributed by atoms with Gasteiger partial charge in [-0.2, -0.15) is 0 Å². The Labute approximate surface area is 125 Å². The standard InChI is InChI=1S/C17H24O4/c1-9(2)7-19-8-20-17(18)12-6-13-14-10-3-4-11(5-10)15(14)16(12)21-13/h3-4,9-16H,5-8H2,1-2H3. The van der Waals surface area contributed by atoms with Crippen molar-refractivity contribution in [3.8, 4) is 0 Å². The maximum atomic E-state index is 12.3. The summed E-state index contributed by atoms with van der Waals surface area (Å²) in [5, 5.41) is 0. The van der Waals surface area contributed by atoms with Gasteiger partial charge in [-0.05, 0) is 42.4 Å². The fraction of sp³-hybridized carbons (Fsp3) is 0.824. The summed E-state index contributed by atoms with van der Waals surface area (Å²) in [5.74, 6) is 2.78. The highest BCUT2D eigenvalue weighted by Crippen LogP contribution is 2.61. The van der Waals surface area contributed by atoms with Crippen LogP contribution in [0.5, 0.6) is 0 Å². The zero-order valence-corrected chi connectivity index (χ0v) is 12.7. The average Bonchev–Trinajstić information content (AvgIpc) is 3.19. The van der Waals surface area contributed by atoms with Gasteiger partial charge >= 0.3 is 5.97 Å². The Kier molecular flexibility index (Phi) is 3.34. The Morgan fingerprint density at radius 1 is 1.24 bits per heavy atom. The highest BCUT2D eigenvalue weighted by molar-refractivity contribution is 5.74. The Morgan fingerprint density at radius 3 is 2.76 bits per heavy atom. The van der Waals surface area contributed by atoms with Crippen molar-refractivity contribution < 1.29 is 19.0 Å². The van der Waals surface area contributed by atoms with Gasteiger partial charge in [-0.1, -0.05) is 26.0 Å². The van der Waals surface area contributed by atoms with E-state index < -0.39 is 0 Å². The molecule has 7 unspecified atom stereocenters. The minimum Gasteiger partial charge on any atom is -0.438 e. The number of carbonyl (C=O) groups excluding carboxylic acids is 1. The molecule has 4 aliphatic rings. The number of carbonyl (C=O) groups is 1. The van der Waals surface area contributed by atoms with Crippen LogP contribution in [0.15, 0.2) is 12.2 Å². The summed E-state index contributed by atoms with van der Waals surface area (Å²) in [6, 6.07) is 0. The van der Waals surface area contributed by atoms with Crippen molar-refractivity contribution in [2.45, 2.75) is 38.9 Å². The molecule has 116 valence electrons.